The average molecular weight is 386 g/mol. The molecule has 1 aliphatic rings. The van der Waals surface area contributed by atoms with E-state index in [1.807, 2.05) is 12.1 Å². The third kappa shape index (κ3) is 3.69. The van der Waals surface area contributed by atoms with Crippen molar-refractivity contribution in [3.8, 4) is 0 Å². The molecule has 0 amide bonds. The Balaban J connectivity index is 1.52. The van der Waals surface area contributed by atoms with Gasteiger partial charge in [0.2, 0.25) is 0 Å². The lowest BCUT2D eigenvalue weighted by Gasteiger charge is -2.30. The van der Waals surface area contributed by atoms with Gasteiger partial charge in [0.1, 0.15) is 0 Å². The molecule has 1 aromatic heterocycles. The van der Waals surface area contributed by atoms with Crippen LogP contribution in [0.15, 0.2) is 52.1 Å². The number of nitrogens with one attached hydrogen (secondary N) is 1. The molecule has 1 atom stereocenters. The predicted molar refractivity (Wildman–Crippen MR) is 105 cm³/mol. The first-order valence-corrected chi connectivity index (χ1v) is 9.28. The quantitative estimate of drug-likeness (QED) is 0.717. The van der Waals surface area contributed by atoms with Crippen LogP contribution in [0.3, 0.4) is 0 Å². The first-order chi connectivity index (χ1) is 13.0. The summed E-state index contributed by atoms with van der Waals surface area (Å²) in [5.41, 5.74) is 2.03. The van der Waals surface area contributed by atoms with Gasteiger partial charge >= 0.3 is 5.69 Å². The fourth-order valence-electron chi connectivity index (χ4n) is 3.67. The molecule has 0 fully saturated rings. The molecule has 27 heavy (non-hydrogen) atoms. The number of rotatable bonds is 4. The number of H-pyrrole nitrogens is 1. The van der Waals surface area contributed by atoms with Gasteiger partial charge in [0, 0.05) is 24.7 Å². The zero-order valence-corrected chi connectivity index (χ0v) is 15.4. The molecular formula is C20H20ClN3O3. The van der Waals surface area contributed by atoms with Gasteiger partial charge in [0.25, 0.3) is 5.56 Å². The highest BCUT2D eigenvalue weighted by molar-refractivity contribution is 6.31. The summed E-state index contributed by atoms with van der Waals surface area (Å²) >= 11 is 5.92. The van der Waals surface area contributed by atoms with Crippen molar-refractivity contribution in [2.24, 2.45) is 0 Å². The van der Waals surface area contributed by atoms with Gasteiger partial charge in [0.05, 0.1) is 23.6 Å². The van der Waals surface area contributed by atoms with E-state index in [0.717, 1.165) is 24.1 Å². The molecule has 2 aromatic carbocycles. The molecule has 0 saturated carbocycles. The van der Waals surface area contributed by atoms with Crippen molar-refractivity contribution in [3.63, 3.8) is 0 Å². The summed E-state index contributed by atoms with van der Waals surface area (Å²) in [5.74, 6) is 0. The third-order valence-electron chi connectivity index (χ3n) is 5.02. The lowest BCUT2D eigenvalue weighted by atomic mass is 10.00. The third-order valence-corrected chi connectivity index (χ3v) is 5.25. The number of hydrogen-bond acceptors (Lipinski definition) is 4. The number of β-amino-alcohol motifs (C(OH)–C–C–N with tert-alkyl or cyclic N) is 1. The number of aliphatic hydroxyl groups is 1. The van der Waals surface area contributed by atoms with E-state index in [1.54, 1.807) is 18.2 Å². The van der Waals surface area contributed by atoms with Crippen LogP contribution in [0.1, 0.15) is 11.1 Å². The van der Waals surface area contributed by atoms with Crippen LogP contribution in [0.4, 0.5) is 0 Å². The zero-order valence-electron chi connectivity index (χ0n) is 14.7. The van der Waals surface area contributed by atoms with Crippen LogP contribution in [0.25, 0.3) is 10.9 Å². The van der Waals surface area contributed by atoms with E-state index in [-0.39, 0.29) is 6.54 Å². The summed E-state index contributed by atoms with van der Waals surface area (Å²) in [6.07, 6.45) is 0.110. The normalized spacial score (nSPS) is 15.6. The van der Waals surface area contributed by atoms with Crippen molar-refractivity contribution >= 4 is 22.5 Å². The van der Waals surface area contributed by atoms with Crippen LogP contribution < -0.4 is 11.2 Å². The van der Waals surface area contributed by atoms with Crippen molar-refractivity contribution in [2.75, 3.05) is 13.1 Å². The Morgan fingerprint density at radius 3 is 2.70 bits per heavy atom. The van der Waals surface area contributed by atoms with Crippen molar-refractivity contribution in [2.45, 2.75) is 25.6 Å². The van der Waals surface area contributed by atoms with Crippen LogP contribution in [0, 0.1) is 0 Å². The number of aliphatic hydroxyl groups excluding tert-OH is 1. The molecule has 7 heteroatoms. The SMILES string of the molecule is O=c1[nH]c2cc(Cl)ccc2c(=O)n1C[C@H](O)CN1CCc2ccccc2C1. The predicted octanol–water partition coefficient (Wildman–Crippen LogP) is 1.76. The number of hydrogen-bond donors (Lipinski definition) is 2. The lowest BCUT2D eigenvalue weighted by Crippen LogP contribution is -2.43. The van der Waals surface area contributed by atoms with Crippen molar-refractivity contribution in [1.29, 1.82) is 0 Å². The van der Waals surface area contributed by atoms with Gasteiger partial charge in [-0.2, -0.15) is 0 Å². The molecule has 0 saturated heterocycles. The summed E-state index contributed by atoms with van der Waals surface area (Å²) in [5, 5.41) is 11.3. The molecule has 1 aliphatic heterocycles. The molecule has 4 rings (SSSR count). The van der Waals surface area contributed by atoms with Crippen LogP contribution in [-0.2, 0) is 19.5 Å². The fraction of sp³-hybridized carbons (Fsp3) is 0.300. The van der Waals surface area contributed by atoms with E-state index in [2.05, 4.69) is 22.0 Å². The highest BCUT2D eigenvalue weighted by Crippen LogP contribution is 2.18. The fourth-order valence-corrected chi connectivity index (χ4v) is 3.84. The number of halogens is 1. The molecular weight excluding hydrogens is 366 g/mol. The summed E-state index contributed by atoms with van der Waals surface area (Å²) < 4.78 is 1.05. The zero-order chi connectivity index (χ0) is 19.0. The van der Waals surface area contributed by atoms with Gasteiger partial charge in [-0.3, -0.25) is 14.3 Å². The number of nitrogens with zero attached hydrogens (tertiary/aromatic N) is 2. The van der Waals surface area contributed by atoms with Crippen LogP contribution in [0.5, 0.6) is 0 Å². The maximum absolute atomic E-state index is 12.6. The number of benzene rings is 2. The minimum absolute atomic E-state index is 0.0507. The van der Waals surface area contributed by atoms with Crippen LogP contribution >= 0.6 is 11.6 Å². The molecule has 0 aliphatic carbocycles. The monoisotopic (exact) mass is 385 g/mol. The summed E-state index contributed by atoms with van der Waals surface area (Å²) in [7, 11) is 0. The van der Waals surface area contributed by atoms with Gasteiger partial charge in [-0.1, -0.05) is 35.9 Å². The second-order valence-corrected chi connectivity index (χ2v) is 7.38. The maximum atomic E-state index is 12.6. The number of aromatic nitrogens is 2. The van der Waals surface area contributed by atoms with E-state index in [9.17, 15) is 14.7 Å². The Morgan fingerprint density at radius 1 is 1.11 bits per heavy atom. The molecule has 0 radical (unpaired) electrons. The summed E-state index contributed by atoms with van der Waals surface area (Å²) in [4.78, 5) is 29.7. The maximum Gasteiger partial charge on any atom is 0.328 e. The Bertz CT molecular complexity index is 1110. The Hall–Kier alpha value is -2.41. The summed E-state index contributed by atoms with van der Waals surface area (Å²) in [6.45, 7) is 1.95. The van der Waals surface area contributed by atoms with Crippen molar-refractivity contribution in [1.82, 2.24) is 14.5 Å². The Morgan fingerprint density at radius 2 is 1.89 bits per heavy atom. The number of fused-ring (bicyclic) bond motifs is 2. The van der Waals surface area contributed by atoms with Crippen molar-refractivity contribution in [3.05, 3.63) is 79.5 Å². The first kappa shape index (κ1) is 18.0. The largest absolute Gasteiger partial charge is 0.390 e. The van der Waals surface area contributed by atoms with E-state index in [0.29, 0.717) is 22.5 Å². The van der Waals surface area contributed by atoms with Crippen LogP contribution in [-0.4, -0.2) is 38.8 Å². The second kappa shape index (κ2) is 7.31. The Kier molecular flexibility index (Phi) is 4.86. The molecule has 0 spiro atoms. The molecule has 140 valence electrons. The molecule has 3 aromatic rings. The topological polar surface area (TPSA) is 78.3 Å². The van der Waals surface area contributed by atoms with Gasteiger partial charge in [-0.05, 0) is 35.7 Å². The lowest BCUT2D eigenvalue weighted by molar-refractivity contribution is 0.0900. The average Bonchev–Trinajstić information content (AvgIpc) is 2.65. The molecule has 0 bridgehead atoms. The standard InChI is InChI=1S/C20H20ClN3O3/c21-15-5-6-17-18(9-15)22-20(27)24(19(17)26)12-16(25)11-23-8-7-13-3-1-2-4-14(13)10-23/h1-6,9,16,25H,7-8,10-12H2,(H,22,27)/t16-/m1/s1. The summed E-state index contributed by atoms with van der Waals surface area (Å²) in [6, 6.07) is 13.0. The highest BCUT2D eigenvalue weighted by atomic mass is 35.5. The second-order valence-electron chi connectivity index (χ2n) is 6.94. The molecule has 2 heterocycles. The number of aromatic amines is 1. The van der Waals surface area contributed by atoms with E-state index >= 15 is 0 Å². The van der Waals surface area contributed by atoms with Crippen LogP contribution in [0.2, 0.25) is 5.02 Å². The van der Waals surface area contributed by atoms with E-state index in [1.165, 1.54) is 11.1 Å². The van der Waals surface area contributed by atoms with Gasteiger partial charge < -0.3 is 10.1 Å². The minimum Gasteiger partial charge on any atom is -0.390 e. The molecule has 0 unspecified atom stereocenters. The Labute approximate surface area is 160 Å². The van der Waals surface area contributed by atoms with Gasteiger partial charge in [-0.25, -0.2) is 4.79 Å². The van der Waals surface area contributed by atoms with E-state index in [4.69, 9.17) is 11.6 Å². The highest BCUT2D eigenvalue weighted by Gasteiger charge is 2.20. The molecule has 6 nitrogen and oxygen atoms in total. The smallest absolute Gasteiger partial charge is 0.328 e. The molecule has 2 N–H and O–H groups in total. The van der Waals surface area contributed by atoms with E-state index < -0.39 is 17.4 Å². The van der Waals surface area contributed by atoms with Crippen molar-refractivity contribution < 1.29 is 5.11 Å². The van der Waals surface area contributed by atoms with Gasteiger partial charge in [-0.15, -0.1) is 0 Å². The first-order valence-electron chi connectivity index (χ1n) is 8.91. The van der Waals surface area contributed by atoms with Gasteiger partial charge in [0.15, 0.2) is 0 Å². The minimum atomic E-state index is -0.821.